The third-order valence-corrected chi connectivity index (χ3v) is 4.47. The molecule has 1 fully saturated rings. The molecular formula is C18H23NO3. The minimum absolute atomic E-state index is 0.0503. The second-order valence-electron chi connectivity index (χ2n) is 6.00. The van der Waals surface area contributed by atoms with Crippen molar-refractivity contribution >= 4 is 0 Å². The van der Waals surface area contributed by atoms with Crippen LogP contribution in [0, 0.1) is 5.92 Å². The molecule has 2 aromatic rings. The summed E-state index contributed by atoms with van der Waals surface area (Å²) >= 11 is 0. The van der Waals surface area contributed by atoms with E-state index in [0.717, 1.165) is 43.8 Å². The second kappa shape index (κ2) is 7.09. The summed E-state index contributed by atoms with van der Waals surface area (Å²) in [6.45, 7) is 2.65. The zero-order valence-corrected chi connectivity index (χ0v) is 12.7. The van der Waals surface area contributed by atoms with Crippen molar-refractivity contribution in [3.63, 3.8) is 0 Å². The van der Waals surface area contributed by atoms with E-state index in [-0.39, 0.29) is 12.7 Å². The zero-order chi connectivity index (χ0) is 15.4. The molecule has 22 heavy (non-hydrogen) atoms. The molecule has 2 N–H and O–H groups in total. The molecule has 1 unspecified atom stereocenters. The van der Waals surface area contributed by atoms with Gasteiger partial charge in [0.2, 0.25) is 0 Å². The van der Waals surface area contributed by atoms with Gasteiger partial charge in [-0.1, -0.05) is 30.3 Å². The van der Waals surface area contributed by atoms with E-state index >= 15 is 0 Å². The number of benzene rings is 1. The van der Waals surface area contributed by atoms with Crippen molar-refractivity contribution in [1.82, 2.24) is 4.90 Å². The predicted octanol–water partition coefficient (Wildman–Crippen LogP) is 2.72. The van der Waals surface area contributed by atoms with E-state index in [2.05, 4.69) is 4.90 Å². The second-order valence-corrected chi connectivity index (χ2v) is 6.00. The molecule has 0 amide bonds. The van der Waals surface area contributed by atoms with Crippen molar-refractivity contribution in [2.75, 3.05) is 13.1 Å². The lowest BCUT2D eigenvalue weighted by atomic mass is 9.87. The Hall–Kier alpha value is -1.62. The molecule has 1 aliphatic rings. The highest BCUT2D eigenvalue weighted by molar-refractivity contribution is 5.18. The average molecular weight is 301 g/mol. The average Bonchev–Trinajstić information content (AvgIpc) is 3.03. The number of likely N-dealkylation sites (tertiary alicyclic amines) is 1. The SMILES string of the molecule is OCc1ccc(CN2CCC(C(O)c3ccccc3)CC2)o1. The van der Waals surface area contributed by atoms with Crippen LogP contribution in [-0.4, -0.2) is 28.2 Å². The largest absolute Gasteiger partial charge is 0.462 e. The van der Waals surface area contributed by atoms with Gasteiger partial charge in [0.25, 0.3) is 0 Å². The molecule has 0 saturated carbocycles. The Morgan fingerprint density at radius 1 is 1.05 bits per heavy atom. The van der Waals surface area contributed by atoms with Gasteiger partial charge in [0, 0.05) is 0 Å². The van der Waals surface area contributed by atoms with Crippen LogP contribution < -0.4 is 0 Å². The maximum Gasteiger partial charge on any atom is 0.129 e. The molecule has 4 heteroatoms. The molecule has 1 aromatic carbocycles. The van der Waals surface area contributed by atoms with E-state index in [1.807, 2.05) is 42.5 Å². The Balaban J connectivity index is 1.52. The number of hydrogen-bond acceptors (Lipinski definition) is 4. The quantitative estimate of drug-likeness (QED) is 0.891. The molecule has 2 heterocycles. The Labute approximate surface area is 131 Å². The van der Waals surface area contributed by atoms with Crippen molar-refractivity contribution in [3.8, 4) is 0 Å². The van der Waals surface area contributed by atoms with E-state index in [9.17, 15) is 5.11 Å². The first kappa shape index (κ1) is 15.3. The van der Waals surface area contributed by atoms with Crippen molar-refractivity contribution in [3.05, 3.63) is 59.5 Å². The third-order valence-electron chi connectivity index (χ3n) is 4.47. The minimum atomic E-state index is -0.368. The fourth-order valence-corrected chi connectivity index (χ4v) is 3.16. The van der Waals surface area contributed by atoms with Gasteiger partial charge in [-0.2, -0.15) is 0 Å². The van der Waals surface area contributed by atoms with Crippen LogP contribution in [0.2, 0.25) is 0 Å². The maximum absolute atomic E-state index is 10.5. The van der Waals surface area contributed by atoms with Crippen molar-refractivity contribution in [1.29, 1.82) is 0 Å². The van der Waals surface area contributed by atoms with Crippen LogP contribution in [0.5, 0.6) is 0 Å². The number of furan rings is 1. The number of aliphatic hydroxyl groups is 2. The monoisotopic (exact) mass is 301 g/mol. The van der Waals surface area contributed by atoms with Crippen molar-refractivity contribution < 1.29 is 14.6 Å². The molecule has 1 aromatic heterocycles. The normalized spacial score (nSPS) is 18.5. The van der Waals surface area contributed by atoms with Crippen molar-refractivity contribution in [2.24, 2.45) is 5.92 Å². The van der Waals surface area contributed by atoms with Gasteiger partial charge >= 0.3 is 0 Å². The van der Waals surface area contributed by atoms with Crippen LogP contribution in [0.1, 0.15) is 36.0 Å². The topological polar surface area (TPSA) is 56.8 Å². The molecule has 0 radical (unpaired) electrons. The molecule has 0 bridgehead atoms. The zero-order valence-electron chi connectivity index (χ0n) is 12.7. The molecule has 118 valence electrons. The predicted molar refractivity (Wildman–Crippen MR) is 84.0 cm³/mol. The smallest absolute Gasteiger partial charge is 0.129 e. The van der Waals surface area contributed by atoms with Crippen LogP contribution in [0.3, 0.4) is 0 Å². The first-order chi connectivity index (χ1) is 10.8. The highest BCUT2D eigenvalue weighted by Gasteiger charge is 2.26. The number of piperidine rings is 1. The van der Waals surface area contributed by atoms with Crippen LogP contribution in [0.15, 0.2) is 46.9 Å². The number of aliphatic hydroxyl groups excluding tert-OH is 2. The minimum Gasteiger partial charge on any atom is -0.462 e. The van der Waals surface area contributed by atoms with Crippen LogP contribution in [0.4, 0.5) is 0 Å². The Morgan fingerprint density at radius 2 is 1.73 bits per heavy atom. The summed E-state index contributed by atoms with van der Waals surface area (Å²) in [6, 6.07) is 13.7. The Kier molecular flexibility index (Phi) is 4.93. The molecule has 0 aliphatic carbocycles. The van der Waals surface area contributed by atoms with Gasteiger partial charge in [-0.3, -0.25) is 4.90 Å². The summed E-state index contributed by atoms with van der Waals surface area (Å²) in [6.07, 6.45) is 1.61. The van der Waals surface area contributed by atoms with Crippen LogP contribution in [0.25, 0.3) is 0 Å². The first-order valence-corrected chi connectivity index (χ1v) is 7.90. The fraction of sp³-hybridized carbons (Fsp3) is 0.444. The summed E-state index contributed by atoms with van der Waals surface area (Å²) < 4.78 is 5.54. The van der Waals surface area contributed by atoms with Gasteiger partial charge in [0.1, 0.15) is 18.1 Å². The standard InChI is InChI=1S/C18H23NO3/c20-13-17-7-6-16(22-17)12-19-10-8-15(9-11-19)18(21)14-4-2-1-3-5-14/h1-7,15,18,20-21H,8-13H2. The molecule has 1 aliphatic heterocycles. The van der Waals surface area contributed by atoms with Gasteiger partial charge in [0.05, 0.1) is 12.6 Å². The van der Waals surface area contributed by atoms with Gasteiger partial charge in [-0.15, -0.1) is 0 Å². The molecular weight excluding hydrogens is 278 g/mol. The Bertz CT molecular complexity index is 573. The molecule has 1 atom stereocenters. The maximum atomic E-state index is 10.5. The summed E-state index contributed by atoms with van der Waals surface area (Å²) in [7, 11) is 0. The van der Waals surface area contributed by atoms with Gasteiger partial charge < -0.3 is 14.6 Å². The fourth-order valence-electron chi connectivity index (χ4n) is 3.16. The van der Waals surface area contributed by atoms with E-state index in [4.69, 9.17) is 9.52 Å². The number of nitrogens with zero attached hydrogens (tertiary/aromatic N) is 1. The highest BCUT2D eigenvalue weighted by Crippen LogP contribution is 2.31. The first-order valence-electron chi connectivity index (χ1n) is 7.90. The van der Waals surface area contributed by atoms with Gasteiger partial charge in [-0.05, 0) is 49.5 Å². The molecule has 1 saturated heterocycles. The third kappa shape index (κ3) is 3.58. The van der Waals surface area contributed by atoms with Crippen LogP contribution >= 0.6 is 0 Å². The van der Waals surface area contributed by atoms with E-state index in [1.165, 1.54) is 0 Å². The van der Waals surface area contributed by atoms with E-state index < -0.39 is 0 Å². The molecule has 3 rings (SSSR count). The van der Waals surface area contributed by atoms with E-state index in [1.54, 1.807) is 0 Å². The number of rotatable bonds is 5. The molecule has 4 nitrogen and oxygen atoms in total. The molecule has 0 spiro atoms. The van der Waals surface area contributed by atoms with Crippen molar-refractivity contribution in [2.45, 2.75) is 32.1 Å². The van der Waals surface area contributed by atoms with Crippen LogP contribution in [-0.2, 0) is 13.2 Å². The summed E-state index contributed by atoms with van der Waals surface area (Å²) in [4.78, 5) is 2.34. The Morgan fingerprint density at radius 3 is 2.36 bits per heavy atom. The van der Waals surface area contributed by atoms with E-state index in [0.29, 0.717) is 11.7 Å². The summed E-state index contributed by atoms with van der Waals surface area (Å²) in [5.74, 6) is 1.83. The summed E-state index contributed by atoms with van der Waals surface area (Å²) in [5, 5.41) is 19.5. The van der Waals surface area contributed by atoms with Gasteiger partial charge in [-0.25, -0.2) is 0 Å². The summed E-state index contributed by atoms with van der Waals surface area (Å²) in [5.41, 5.74) is 1.01. The van der Waals surface area contributed by atoms with Gasteiger partial charge in [0.15, 0.2) is 0 Å². The lowest BCUT2D eigenvalue weighted by Crippen LogP contribution is -2.35. The number of hydrogen-bond donors (Lipinski definition) is 2. The highest BCUT2D eigenvalue weighted by atomic mass is 16.4. The lowest BCUT2D eigenvalue weighted by molar-refractivity contribution is 0.0546. The lowest BCUT2D eigenvalue weighted by Gasteiger charge is -2.33.